The van der Waals surface area contributed by atoms with E-state index < -0.39 is 0 Å². The molecule has 0 aromatic heterocycles. The molecule has 0 unspecified atom stereocenters. The summed E-state index contributed by atoms with van der Waals surface area (Å²) in [6.45, 7) is 10.5. The minimum absolute atomic E-state index is 0.728. The van der Waals surface area contributed by atoms with E-state index in [1.54, 1.807) is 0 Å². The average molecular weight is 573 g/mol. The summed E-state index contributed by atoms with van der Waals surface area (Å²) in [6.07, 6.45) is 8.86. The summed E-state index contributed by atoms with van der Waals surface area (Å²) in [5.41, 5.74) is 6.07. The van der Waals surface area contributed by atoms with Crippen LogP contribution in [-0.2, 0) is 0 Å². The molecule has 0 amide bonds. The van der Waals surface area contributed by atoms with Gasteiger partial charge < -0.3 is 9.47 Å². The molecular formula is C36H45ClN2O2. The van der Waals surface area contributed by atoms with Gasteiger partial charge in [0.25, 0.3) is 0 Å². The Labute approximate surface area is 251 Å². The molecule has 5 heteroatoms. The van der Waals surface area contributed by atoms with E-state index >= 15 is 0 Å². The molecule has 5 rings (SSSR count). The third-order valence-electron chi connectivity index (χ3n) is 8.38. The molecule has 41 heavy (non-hydrogen) atoms. The number of hydrogen-bond donors (Lipinski definition) is 0. The van der Waals surface area contributed by atoms with Crippen molar-refractivity contribution in [2.75, 3.05) is 52.5 Å². The number of rotatable bonds is 12. The molecule has 2 saturated heterocycles. The molecule has 218 valence electrons. The molecule has 0 bridgehead atoms. The van der Waals surface area contributed by atoms with E-state index in [1.165, 1.54) is 92.5 Å². The molecular weight excluding hydrogens is 528 g/mol. The highest BCUT2D eigenvalue weighted by molar-refractivity contribution is 6.30. The van der Waals surface area contributed by atoms with E-state index in [4.69, 9.17) is 21.1 Å². The molecule has 4 nitrogen and oxygen atoms in total. The maximum absolute atomic E-state index is 6.24. The van der Waals surface area contributed by atoms with Crippen molar-refractivity contribution < 1.29 is 9.47 Å². The molecule has 0 saturated carbocycles. The van der Waals surface area contributed by atoms with Crippen molar-refractivity contribution in [3.8, 4) is 11.5 Å². The third-order valence-corrected chi connectivity index (χ3v) is 8.64. The third kappa shape index (κ3) is 8.61. The Bertz CT molecular complexity index is 1160. The van der Waals surface area contributed by atoms with Crippen LogP contribution in [0.4, 0.5) is 0 Å². The number of halogens is 1. The zero-order valence-corrected chi connectivity index (χ0v) is 25.4. The van der Waals surface area contributed by atoms with Crippen molar-refractivity contribution >= 4 is 22.7 Å². The molecule has 2 heterocycles. The van der Waals surface area contributed by atoms with Crippen LogP contribution in [0.1, 0.15) is 68.6 Å². The number of piperidine rings is 2. The van der Waals surface area contributed by atoms with Crippen LogP contribution in [-0.4, -0.2) is 62.3 Å². The Hall–Kier alpha value is -2.79. The number of likely N-dealkylation sites (tertiary alicyclic amines) is 2. The predicted octanol–water partition coefficient (Wildman–Crippen LogP) is 8.44. The van der Waals surface area contributed by atoms with Gasteiger partial charge in [0.1, 0.15) is 24.7 Å². The van der Waals surface area contributed by atoms with Gasteiger partial charge in [0.15, 0.2) is 0 Å². The summed E-state index contributed by atoms with van der Waals surface area (Å²) < 4.78 is 12.3. The number of benzene rings is 3. The second kappa shape index (κ2) is 15.4. The smallest absolute Gasteiger partial charge is 0.119 e. The lowest BCUT2D eigenvalue weighted by Crippen LogP contribution is -2.33. The summed E-state index contributed by atoms with van der Waals surface area (Å²) in [7, 11) is 0. The van der Waals surface area contributed by atoms with Crippen LogP contribution < -0.4 is 9.47 Å². The van der Waals surface area contributed by atoms with Crippen molar-refractivity contribution in [3.05, 3.63) is 94.5 Å². The first kappa shape index (κ1) is 29.7. The Balaban J connectivity index is 1.32. The van der Waals surface area contributed by atoms with Crippen molar-refractivity contribution in [2.24, 2.45) is 0 Å². The Morgan fingerprint density at radius 1 is 0.585 bits per heavy atom. The molecule has 0 spiro atoms. The maximum Gasteiger partial charge on any atom is 0.119 e. The molecule has 3 aromatic rings. The maximum atomic E-state index is 6.24. The Morgan fingerprint density at radius 2 is 1.00 bits per heavy atom. The van der Waals surface area contributed by atoms with E-state index in [-0.39, 0.29) is 0 Å². The summed E-state index contributed by atoms with van der Waals surface area (Å²) in [4.78, 5) is 5.03. The summed E-state index contributed by atoms with van der Waals surface area (Å²) in [5.74, 6) is 1.85. The normalized spacial score (nSPS) is 16.3. The standard InChI is InChI=1S/C36H45ClN2O2/c1-2-35(29-9-15-32(37)16-10-29)36(30-11-17-33(18-12-30)40-27-25-38-21-5-3-6-22-38)31-13-19-34(20-14-31)41-28-26-39-23-7-4-8-24-39/h9-20H,2-8,21-28H2,1H3. The highest BCUT2D eigenvalue weighted by Gasteiger charge is 2.15. The van der Waals surface area contributed by atoms with E-state index in [0.29, 0.717) is 0 Å². The van der Waals surface area contributed by atoms with Crippen molar-refractivity contribution in [3.63, 3.8) is 0 Å². The first-order chi connectivity index (χ1) is 20.2. The fraction of sp³-hybridized carbons (Fsp3) is 0.444. The quantitative estimate of drug-likeness (QED) is 0.203. The summed E-state index contributed by atoms with van der Waals surface area (Å²) in [5, 5.41) is 0.753. The molecule has 3 aromatic carbocycles. The monoisotopic (exact) mass is 572 g/mol. The van der Waals surface area contributed by atoms with Gasteiger partial charge in [0, 0.05) is 18.1 Å². The number of hydrogen-bond acceptors (Lipinski definition) is 4. The zero-order valence-electron chi connectivity index (χ0n) is 24.6. The Kier molecular flexibility index (Phi) is 11.2. The lowest BCUT2D eigenvalue weighted by Gasteiger charge is -2.26. The molecule has 0 radical (unpaired) electrons. The van der Waals surface area contributed by atoms with Crippen molar-refractivity contribution in [1.29, 1.82) is 0 Å². The van der Waals surface area contributed by atoms with E-state index in [0.717, 1.165) is 49.2 Å². The largest absolute Gasteiger partial charge is 0.492 e. The van der Waals surface area contributed by atoms with Gasteiger partial charge in [0.2, 0.25) is 0 Å². The van der Waals surface area contributed by atoms with Gasteiger partial charge >= 0.3 is 0 Å². The molecule has 2 aliphatic rings. The zero-order chi connectivity index (χ0) is 28.3. The van der Waals surface area contributed by atoms with Crippen LogP contribution in [0.25, 0.3) is 11.1 Å². The fourth-order valence-corrected chi connectivity index (χ4v) is 6.20. The van der Waals surface area contributed by atoms with Crippen LogP contribution in [0.2, 0.25) is 5.02 Å². The number of ether oxygens (including phenoxy) is 2. The minimum atomic E-state index is 0.728. The summed E-state index contributed by atoms with van der Waals surface area (Å²) in [6, 6.07) is 25.4. The van der Waals surface area contributed by atoms with Crippen LogP contribution in [0.5, 0.6) is 11.5 Å². The molecule has 2 aliphatic heterocycles. The highest BCUT2D eigenvalue weighted by Crippen LogP contribution is 2.36. The second-order valence-corrected chi connectivity index (χ2v) is 11.7. The van der Waals surface area contributed by atoms with E-state index in [1.807, 2.05) is 12.1 Å². The number of nitrogens with zero attached hydrogens (tertiary/aromatic N) is 2. The molecule has 0 aliphatic carbocycles. The molecule has 2 fully saturated rings. The van der Waals surface area contributed by atoms with Crippen LogP contribution in [0, 0.1) is 0 Å². The van der Waals surface area contributed by atoms with Crippen molar-refractivity contribution in [1.82, 2.24) is 9.80 Å². The molecule has 0 atom stereocenters. The van der Waals surface area contributed by atoms with Gasteiger partial charge in [-0.2, -0.15) is 0 Å². The predicted molar refractivity (Wildman–Crippen MR) is 172 cm³/mol. The first-order valence-corrected chi connectivity index (χ1v) is 16.0. The molecule has 0 N–H and O–H groups in total. The van der Waals surface area contributed by atoms with Crippen LogP contribution in [0.15, 0.2) is 72.8 Å². The van der Waals surface area contributed by atoms with E-state index in [9.17, 15) is 0 Å². The van der Waals surface area contributed by atoms with Gasteiger partial charge in [-0.15, -0.1) is 0 Å². The van der Waals surface area contributed by atoms with Gasteiger partial charge in [0.05, 0.1) is 0 Å². The number of allylic oxidation sites excluding steroid dienone is 1. The topological polar surface area (TPSA) is 24.9 Å². The van der Waals surface area contributed by atoms with Crippen LogP contribution >= 0.6 is 11.6 Å². The van der Waals surface area contributed by atoms with Gasteiger partial charge in [-0.25, -0.2) is 0 Å². The Morgan fingerprint density at radius 3 is 1.41 bits per heavy atom. The SMILES string of the molecule is CCC(=C(c1ccc(OCCN2CCCCC2)cc1)c1ccc(OCCN2CCCCC2)cc1)c1ccc(Cl)cc1. The lowest BCUT2D eigenvalue weighted by molar-refractivity contribution is 0.183. The minimum Gasteiger partial charge on any atom is -0.492 e. The van der Waals surface area contributed by atoms with Gasteiger partial charge in [-0.3, -0.25) is 9.80 Å². The fourth-order valence-electron chi connectivity index (χ4n) is 6.08. The van der Waals surface area contributed by atoms with Crippen LogP contribution in [0.3, 0.4) is 0 Å². The van der Waals surface area contributed by atoms with Gasteiger partial charge in [-0.05, 0) is 123 Å². The average Bonchev–Trinajstić information content (AvgIpc) is 3.02. The van der Waals surface area contributed by atoms with Crippen molar-refractivity contribution in [2.45, 2.75) is 51.9 Å². The first-order valence-electron chi connectivity index (χ1n) is 15.6. The second-order valence-electron chi connectivity index (χ2n) is 11.3. The van der Waals surface area contributed by atoms with E-state index in [2.05, 4.69) is 77.4 Å². The lowest BCUT2D eigenvalue weighted by atomic mass is 9.88. The highest BCUT2D eigenvalue weighted by atomic mass is 35.5. The summed E-state index contributed by atoms with van der Waals surface area (Å²) >= 11 is 6.24. The van der Waals surface area contributed by atoms with Gasteiger partial charge in [-0.1, -0.05) is 67.8 Å².